The molecule has 0 bridgehead atoms. The van der Waals surface area contributed by atoms with E-state index in [1.54, 1.807) is 0 Å². The van der Waals surface area contributed by atoms with Crippen LogP contribution < -0.4 is 0 Å². The van der Waals surface area contributed by atoms with E-state index in [-0.39, 0.29) is 0 Å². The van der Waals surface area contributed by atoms with Crippen molar-refractivity contribution in [2.75, 3.05) is 0 Å². The first-order valence-electron chi connectivity index (χ1n) is 4.87. The van der Waals surface area contributed by atoms with Crippen LogP contribution in [0, 0.1) is 11.8 Å². The lowest BCUT2D eigenvalue weighted by Gasteiger charge is -2.17. The highest BCUT2D eigenvalue weighted by Crippen LogP contribution is 2.20. The molecule has 0 fully saturated rings. The highest BCUT2D eigenvalue weighted by atomic mass is 14.1. The fourth-order valence-electron chi connectivity index (χ4n) is 1.03. The molecule has 0 aromatic carbocycles. The molecule has 2 unspecified atom stereocenters. The van der Waals surface area contributed by atoms with Crippen LogP contribution >= 0.6 is 0 Å². The van der Waals surface area contributed by atoms with Gasteiger partial charge in [0, 0.05) is 0 Å². The van der Waals surface area contributed by atoms with Gasteiger partial charge in [0.2, 0.25) is 0 Å². The average Bonchev–Trinajstić information content (AvgIpc) is 1.99. The third kappa shape index (κ3) is 5.35. The monoisotopic (exact) mass is 153 g/mol. The van der Waals surface area contributed by atoms with Crippen LogP contribution in [0.1, 0.15) is 40.5 Å². The number of hydrogen-bond acceptors (Lipinski definition) is 0. The summed E-state index contributed by atoms with van der Waals surface area (Å²) in [7, 11) is 2.30. The molecule has 0 nitrogen and oxygen atoms in total. The van der Waals surface area contributed by atoms with Crippen LogP contribution in [0.5, 0.6) is 0 Å². The van der Waals surface area contributed by atoms with Crippen molar-refractivity contribution >= 4 is 7.28 Å². The topological polar surface area (TPSA) is 0 Å². The Morgan fingerprint density at radius 1 is 1.00 bits per heavy atom. The van der Waals surface area contributed by atoms with Gasteiger partial charge < -0.3 is 0 Å². The Bertz CT molecular complexity index is 88.9. The van der Waals surface area contributed by atoms with Crippen LogP contribution in [-0.4, -0.2) is 7.28 Å². The molecule has 11 heavy (non-hydrogen) atoms. The lowest BCUT2D eigenvalue weighted by atomic mass is 9.65. The lowest BCUT2D eigenvalue weighted by Crippen LogP contribution is -2.05. The van der Waals surface area contributed by atoms with Crippen LogP contribution in [0.25, 0.3) is 0 Å². The molecule has 0 saturated carbocycles. The number of hydrogen-bond donors (Lipinski definition) is 0. The Hall–Kier alpha value is 0.0649. The van der Waals surface area contributed by atoms with E-state index in [0.29, 0.717) is 0 Å². The first kappa shape index (κ1) is 11.1. The highest BCUT2D eigenvalue weighted by molar-refractivity contribution is 6.35. The summed E-state index contributed by atoms with van der Waals surface area (Å²) in [6, 6.07) is 0. The molecule has 0 heterocycles. The van der Waals surface area contributed by atoms with Crippen LogP contribution in [0.15, 0.2) is 0 Å². The first-order chi connectivity index (χ1) is 5.07. The molecule has 0 aromatic rings. The zero-order valence-corrected chi connectivity index (χ0v) is 8.72. The van der Waals surface area contributed by atoms with Gasteiger partial charge in [-0.2, -0.15) is 0 Å². The molecule has 0 amide bonds. The molecule has 0 rings (SSSR count). The van der Waals surface area contributed by atoms with Crippen LogP contribution in [0.4, 0.5) is 0 Å². The van der Waals surface area contributed by atoms with Gasteiger partial charge >= 0.3 is 0 Å². The SMILES string of the molecule is C[B]C(C)CCC(C)C(C)C. The second-order valence-corrected chi connectivity index (χ2v) is 4.11. The molecule has 0 N–H and O–H groups in total. The Morgan fingerprint density at radius 3 is 1.91 bits per heavy atom. The molecule has 0 saturated heterocycles. The van der Waals surface area contributed by atoms with Crippen molar-refractivity contribution in [3.05, 3.63) is 0 Å². The van der Waals surface area contributed by atoms with Gasteiger partial charge in [0.05, 0.1) is 0 Å². The van der Waals surface area contributed by atoms with E-state index >= 15 is 0 Å². The predicted octanol–water partition coefficient (Wildman–Crippen LogP) is 3.62. The van der Waals surface area contributed by atoms with Crippen molar-refractivity contribution in [1.29, 1.82) is 0 Å². The van der Waals surface area contributed by atoms with Gasteiger partial charge in [-0.15, -0.1) is 0 Å². The van der Waals surface area contributed by atoms with E-state index in [1.807, 2.05) is 0 Å². The summed E-state index contributed by atoms with van der Waals surface area (Å²) in [6.07, 6.45) is 2.74. The first-order valence-corrected chi connectivity index (χ1v) is 4.87. The third-order valence-electron chi connectivity index (χ3n) is 2.78. The Labute approximate surface area is 73.0 Å². The summed E-state index contributed by atoms with van der Waals surface area (Å²) >= 11 is 0. The van der Waals surface area contributed by atoms with Crippen molar-refractivity contribution in [2.45, 2.75) is 53.2 Å². The summed E-state index contributed by atoms with van der Waals surface area (Å²) < 4.78 is 0. The van der Waals surface area contributed by atoms with Crippen molar-refractivity contribution < 1.29 is 0 Å². The van der Waals surface area contributed by atoms with E-state index in [1.165, 1.54) is 12.8 Å². The zero-order chi connectivity index (χ0) is 8.85. The highest BCUT2D eigenvalue weighted by Gasteiger charge is 2.08. The molecule has 65 valence electrons. The fourth-order valence-corrected chi connectivity index (χ4v) is 1.03. The van der Waals surface area contributed by atoms with Crippen molar-refractivity contribution in [2.24, 2.45) is 11.8 Å². The molecule has 2 atom stereocenters. The van der Waals surface area contributed by atoms with Gasteiger partial charge in [-0.1, -0.05) is 53.2 Å². The van der Waals surface area contributed by atoms with Crippen molar-refractivity contribution in [1.82, 2.24) is 0 Å². The van der Waals surface area contributed by atoms with Gasteiger partial charge in [-0.05, 0) is 11.8 Å². The van der Waals surface area contributed by atoms with Crippen LogP contribution in [0.2, 0.25) is 12.6 Å². The Balaban J connectivity index is 3.37. The van der Waals surface area contributed by atoms with Crippen LogP contribution in [0.3, 0.4) is 0 Å². The third-order valence-corrected chi connectivity index (χ3v) is 2.78. The molecule has 0 aromatic heterocycles. The van der Waals surface area contributed by atoms with Gasteiger partial charge in [0.25, 0.3) is 0 Å². The zero-order valence-electron chi connectivity index (χ0n) is 8.72. The van der Waals surface area contributed by atoms with E-state index in [9.17, 15) is 0 Å². The van der Waals surface area contributed by atoms with Crippen molar-refractivity contribution in [3.8, 4) is 0 Å². The van der Waals surface area contributed by atoms with Gasteiger partial charge in [0.15, 0.2) is 0 Å². The predicted molar refractivity (Wildman–Crippen MR) is 54.3 cm³/mol. The minimum absolute atomic E-state index is 0.802. The standard InChI is InChI=1S/C10H22B/c1-8(2)9(3)6-7-10(4)11-5/h8-10H,6-7H2,1-5H3. The average molecular weight is 153 g/mol. The van der Waals surface area contributed by atoms with Gasteiger partial charge in [0.1, 0.15) is 7.28 Å². The minimum atomic E-state index is 0.802. The minimum Gasteiger partial charge on any atom is -0.0917 e. The Morgan fingerprint density at radius 2 is 1.55 bits per heavy atom. The van der Waals surface area contributed by atoms with Gasteiger partial charge in [-0.25, -0.2) is 0 Å². The molecule has 0 aliphatic heterocycles. The maximum atomic E-state index is 2.35. The largest absolute Gasteiger partial charge is 0.109 e. The Kier molecular flexibility index (Phi) is 5.72. The fraction of sp³-hybridized carbons (Fsp3) is 1.00. The molecule has 1 heteroatoms. The second-order valence-electron chi connectivity index (χ2n) is 4.11. The lowest BCUT2D eigenvalue weighted by molar-refractivity contribution is 0.380. The molecule has 0 aliphatic carbocycles. The summed E-state index contributed by atoms with van der Waals surface area (Å²) in [5.41, 5.74) is 0. The summed E-state index contributed by atoms with van der Waals surface area (Å²) in [5, 5.41) is 0. The van der Waals surface area contributed by atoms with E-state index in [0.717, 1.165) is 17.7 Å². The number of rotatable bonds is 5. The summed E-state index contributed by atoms with van der Waals surface area (Å²) in [5.74, 6) is 2.53. The normalized spacial score (nSPS) is 16.5. The smallest absolute Gasteiger partial charge is 0.0917 e. The van der Waals surface area contributed by atoms with Crippen molar-refractivity contribution in [3.63, 3.8) is 0 Å². The summed E-state index contributed by atoms with van der Waals surface area (Å²) in [6.45, 7) is 11.4. The molecular weight excluding hydrogens is 131 g/mol. The molecule has 0 aliphatic rings. The molecule has 1 radical (unpaired) electrons. The van der Waals surface area contributed by atoms with Gasteiger partial charge in [-0.3, -0.25) is 0 Å². The summed E-state index contributed by atoms with van der Waals surface area (Å²) in [4.78, 5) is 0. The van der Waals surface area contributed by atoms with Crippen LogP contribution in [-0.2, 0) is 0 Å². The van der Waals surface area contributed by atoms with E-state index in [2.05, 4.69) is 41.8 Å². The maximum absolute atomic E-state index is 2.35. The molecule has 0 spiro atoms. The molecular formula is C10H22B. The quantitative estimate of drug-likeness (QED) is 0.529. The second kappa shape index (κ2) is 5.68. The maximum Gasteiger partial charge on any atom is 0.109 e. The van der Waals surface area contributed by atoms with E-state index < -0.39 is 0 Å². The van der Waals surface area contributed by atoms with E-state index in [4.69, 9.17) is 0 Å².